The largest absolute Gasteiger partial charge is 0.495 e. The van der Waals surface area contributed by atoms with Gasteiger partial charge in [-0.3, -0.25) is 9.59 Å². The van der Waals surface area contributed by atoms with Gasteiger partial charge in [0.25, 0.3) is 15.9 Å². The molecule has 0 unspecified atom stereocenters. The number of ether oxygens (including phenoxy) is 1. The Hall–Kier alpha value is -2.96. The number of rotatable bonds is 6. The van der Waals surface area contributed by atoms with Crippen LogP contribution in [0.15, 0.2) is 52.3 Å². The molecule has 0 saturated carbocycles. The van der Waals surface area contributed by atoms with Crippen molar-refractivity contribution in [2.75, 3.05) is 33.1 Å². The third kappa shape index (κ3) is 3.64. The first-order valence-corrected chi connectivity index (χ1v) is 11.4. The second-order valence-electron chi connectivity index (χ2n) is 6.51. The van der Waals surface area contributed by atoms with Crippen LogP contribution in [-0.2, 0) is 24.8 Å². The number of fused-ring (bicyclic) bond motifs is 1. The summed E-state index contributed by atoms with van der Waals surface area (Å²) < 4.78 is 56.6. The number of sulfonamides is 2. The highest BCUT2D eigenvalue weighted by Gasteiger charge is 2.41. The number of carbonyl (C=O) groups is 2. The van der Waals surface area contributed by atoms with E-state index in [4.69, 9.17) is 4.74 Å². The molecule has 2 amide bonds. The summed E-state index contributed by atoms with van der Waals surface area (Å²) in [4.78, 5) is 24.5. The van der Waals surface area contributed by atoms with Crippen molar-refractivity contribution in [3.8, 4) is 5.75 Å². The zero-order valence-corrected chi connectivity index (χ0v) is 18.0. The van der Waals surface area contributed by atoms with E-state index in [2.05, 4.69) is 5.32 Å². The molecule has 12 heteroatoms. The fourth-order valence-corrected chi connectivity index (χ4v) is 5.47. The van der Waals surface area contributed by atoms with Gasteiger partial charge in [-0.05, 0) is 30.3 Å². The van der Waals surface area contributed by atoms with Crippen molar-refractivity contribution in [2.24, 2.45) is 0 Å². The average Bonchev–Trinajstić information content (AvgIpc) is 2.89. The number of carbonyl (C=O) groups excluding carboxylic acids is 2. The Balaban J connectivity index is 1.85. The SMILES string of the molecule is COc1ccc(NC(=O)CN2C(=O)c3ccccc3S2(=O)=O)cc1S(=O)(=O)N(C)C. The molecule has 2 aromatic carbocycles. The van der Waals surface area contributed by atoms with Crippen molar-refractivity contribution in [2.45, 2.75) is 9.79 Å². The first-order valence-electron chi connectivity index (χ1n) is 8.56. The quantitative estimate of drug-likeness (QED) is 0.682. The Labute approximate surface area is 174 Å². The van der Waals surface area contributed by atoms with Crippen LogP contribution in [0.5, 0.6) is 5.75 Å². The van der Waals surface area contributed by atoms with Gasteiger partial charge in [0.15, 0.2) is 0 Å². The molecule has 0 radical (unpaired) electrons. The lowest BCUT2D eigenvalue weighted by Crippen LogP contribution is -2.37. The van der Waals surface area contributed by atoms with E-state index in [0.29, 0.717) is 4.31 Å². The number of amides is 2. The molecule has 0 aliphatic carbocycles. The van der Waals surface area contributed by atoms with E-state index in [-0.39, 0.29) is 26.8 Å². The van der Waals surface area contributed by atoms with E-state index in [1.165, 1.54) is 63.7 Å². The van der Waals surface area contributed by atoms with E-state index in [1.54, 1.807) is 0 Å². The minimum absolute atomic E-state index is 0.00545. The molecule has 0 atom stereocenters. The number of hydrogen-bond acceptors (Lipinski definition) is 7. The molecule has 160 valence electrons. The predicted molar refractivity (Wildman–Crippen MR) is 107 cm³/mol. The van der Waals surface area contributed by atoms with Crippen molar-refractivity contribution in [1.82, 2.24) is 8.61 Å². The van der Waals surface area contributed by atoms with E-state index >= 15 is 0 Å². The molecule has 2 aromatic rings. The molecular formula is C18H19N3O7S2. The van der Waals surface area contributed by atoms with Gasteiger partial charge in [-0.1, -0.05) is 12.1 Å². The van der Waals surface area contributed by atoms with Gasteiger partial charge in [-0.2, -0.15) is 0 Å². The molecule has 1 heterocycles. The second-order valence-corrected chi connectivity index (χ2v) is 10.5. The third-order valence-electron chi connectivity index (χ3n) is 4.41. The third-order valence-corrected chi connectivity index (χ3v) is 8.03. The Morgan fingerprint density at radius 3 is 2.43 bits per heavy atom. The number of nitrogens with one attached hydrogen (secondary N) is 1. The van der Waals surface area contributed by atoms with Gasteiger partial charge in [0, 0.05) is 19.8 Å². The van der Waals surface area contributed by atoms with Gasteiger partial charge in [0.2, 0.25) is 15.9 Å². The monoisotopic (exact) mass is 453 g/mol. The zero-order valence-electron chi connectivity index (χ0n) is 16.3. The van der Waals surface area contributed by atoms with Crippen LogP contribution >= 0.6 is 0 Å². The summed E-state index contributed by atoms with van der Waals surface area (Å²) in [5.74, 6) is -1.53. The summed E-state index contributed by atoms with van der Waals surface area (Å²) in [7, 11) is -4.00. The maximum Gasteiger partial charge on any atom is 0.269 e. The molecular weight excluding hydrogens is 434 g/mol. The van der Waals surface area contributed by atoms with Gasteiger partial charge in [0.1, 0.15) is 22.1 Å². The van der Waals surface area contributed by atoms with Crippen LogP contribution in [0, 0.1) is 0 Å². The summed E-state index contributed by atoms with van der Waals surface area (Å²) in [6.45, 7) is -0.752. The standard InChI is InChI=1S/C18H19N3O7S2/c1-20(2)29(24,25)16-10-12(8-9-14(16)28-3)19-17(22)11-21-18(23)13-6-4-5-7-15(13)30(21,26)27/h4-10H,11H2,1-3H3,(H,19,22). The molecule has 0 aromatic heterocycles. The second kappa shape index (κ2) is 7.70. The van der Waals surface area contributed by atoms with Crippen LogP contribution < -0.4 is 10.1 Å². The summed E-state index contributed by atoms with van der Waals surface area (Å²) in [5.41, 5.74) is 0.0943. The summed E-state index contributed by atoms with van der Waals surface area (Å²) in [6, 6.07) is 9.63. The average molecular weight is 453 g/mol. The maximum absolute atomic E-state index is 12.6. The first-order chi connectivity index (χ1) is 14.0. The van der Waals surface area contributed by atoms with E-state index in [1.807, 2.05) is 0 Å². The van der Waals surface area contributed by atoms with Crippen LogP contribution in [0.4, 0.5) is 5.69 Å². The Morgan fingerprint density at radius 2 is 1.83 bits per heavy atom. The zero-order chi connectivity index (χ0) is 22.3. The lowest BCUT2D eigenvalue weighted by Gasteiger charge is -2.17. The van der Waals surface area contributed by atoms with Gasteiger partial charge in [-0.15, -0.1) is 0 Å². The molecule has 1 aliphatic rings. The van der Waals surface area contributed by atoms with Crippen LogP contribution in [0.25, 0.3) is 0 Å². The summed E-state index contributed by atoms with van der Waals surface area (Å²) in [6.07, 6.45) is 0. The highest BCUT2D eigenvalue weighted by molar-refractivity contribution is 7.90. The van der Waals surface area contributed by atoms with E-state index in [9.17, 15) is 26.4 Å². The number of anilines is 1. The van der Waals surface area contributed by atoms with Gasteiger partial charge in [-0.25, -0.2) is 25.4 Å². The summed E-state index contributed by atoms with van der Waals surface area (Å²) >= 11 is 0. The fourth-order valence-electron chi connectivity index (χ4n) is 2.87. The normalized spacial score (nSPS) is 15.2. The van der Waals surface area contributed by atoms with Crippen molar-refractivity contribution in [3.05, 3.63) is 48.0 Å². The molecule has 0 fully saturated rings. The molecule has 3 rings (SSSR count). The minimum atomic E-state index is -4.14. The minimum Gasteiger partial charge on any atom is -0.495 e. The van der Waals surface area contributed by atoms with E-state index in [0.717, 1.165) is 4.31 Å². The maximum atomic E-state index is 12.6. The molecule has 10 nitrogen and oxygen atoms in total. The van der Waals surface area contributed by atoms with E-state index < -0.39 is 38.4 Å². The lowest BCUT2D eigenvalue weighted by atomic mass is 10.2. The van der Waals surface area contributed by atoms with Crippen LogP contribution in [0.2, 0.25) is 0 Å². The van der Waals surface area contributed by atoms with Crippen molar-refractivity contribution in [3.63, 3.8) is 0 Å². The topological polar surface area (TPSA) is 130 Å². The Bertz CT molecular complexity index is 1240. The Kier molecular flexibility index (Phi) is 5.58. The summed E-state index contributed by atoms with van der Waals surface area (Å²) in [5, 5.41) is 2.42. The smallest absolute Gasteiger partial charge is 0.269 e. The molecule has 1 aliphatic heterocycles. The van der Waals surface area contributed by atoms with Crippen LogP contribution in [0.3, 0.4) is 0 Å². The highest BCUT2D eigenvalue weighted by atomic mass is 32.2. The van der Waals surface area contributed by atoms with Crippen LogP contribution in [-0.4, -0.2) is 65.0 Å². The molecule has 0 bridgehead atoms. The van der Waals surface area contributed by atoms with Gasteiger partial charge < -0.3 is 10.1 Å². The predicted octanol–water partition coefficient (Wildman–Crippen LogP) is 0.729. The fraction of sp³-hybridized carbons (Fsp3) is 0.222. The lowest BCUT2D eigenvalue weighted by molar-refractivity contribution is -0.116. The molecule has 30 heavy (non-hydrogen) atoms. The number of benzene rings is 2. The number of methoxy groups -OCH3 is 1. The molecule has 1 N–H and O–H groups in total. The Morgan fingerprint density at radius 1 is 1.17 bits per heavy atom. The van der Waals surface area contributed by atoms with Crippen molar-refractivity contribution < 1.29 is 31.2 Å². The van der Waals surface area contributed by atoms with Crippen molar-refractivity contribution >= 4 is 37.5 Å². The molecule has 0 saturated heterocycles. The van der Waals surface area contributed by atoms with Crippen LogP contribution in [0.1, 0.15) is 10.4 Å². The number of hydrogen-bond donors (Lipinski definition) is 1. The first kappa shape index (κ1) is 21.7. The molecule has 0 spiro atoms. The van der Waals surface area contributed by atoms with Crippen molar-refractivity contribution in [1.29, 1.82) is 0 Å². The number of nitrogens with zero attached hydrogens (tertiary/aromatic N) is 2. The van der Waals surface area contributed by atoms with Gasteiger partial charge >= 0.3 is 0 Å². The van der Waals surface area contributed by atoms with Gasteiger partial charge in [0.05, 0.1) is 12.7 Å². The highest BCUT2D eigenvalue weighted by Crippen LogP contribution is 2.31.